The number of benzene rings is 1. The van der Waals surface area contributed by atoms with E-state index in [2.05, 4.69) is 10.1 Å². The number of carbonyl (C=O) groups excluding carboxylic acids is 2. The van der Waals surface area contributed by atoms with Gasteiger partial charge < -0.3 is 10.1 Å². The third kappa shape index (κ3) is 3.78. The van der Waals surface area contributed by atoms with E-state index in [0.29, 0.717) is 0 Å². The summed E-state index contributed by atoms with van der Waals surface area (Å²) < 4.78 is 27.5. The first-order valence-electron chi connectivity index (χ1n) is 5.73. The molecular weight excluding hydrogens is 284 g/mol. The van der Waals surface area contributed by atoms with Crippen LogP contribution in [0.25, 0.3) is 0 Å². The molecule has 0 radical (unpaired) electrons. The molecule has 0 fully saturated rings. The molecule has 1 aromatic carbocycles. The third-order valence-electron chi connectivity index (χ3n) is 2.38. The van der Waals surface area contributed by atoms with E-state index in [4.69, 9.17) is 5.14 Å². The second-order valence-electron chi connectivity index (χ2n) is 4.38. The summed E-state index contributed by atoms with van der Waals surface area (Å²) in [5, 5.41) is 7.66. The van der Waals surface area contributed by atoms with Gasteiger partial charge in [0.2, 0.25) is 10.0 Å². The number of ether oxygens (including phenoxy) is 1. The first-order valence-corrected chi connectivity index (χ1v) is 7.27. The van der Waals surface area contributed by atoms with Crippen LogP contribution in [0.5, 0.6) is 0 Å². The van der Waals surface area contributed by atoms with Crippen molar-refractivity contribution in [2.24, 2.45) is 5.14 Å². The Balaban J connectivity index is 3.36. The summed E-state index contributed by atoms with van der Waals surface area (Å²) in [6.45, 7) is 3.53. The van der Waals surface area contributed by atoms with Crippen LogP contribution in [0.1, 0.15) is 34.6 Å². The molecule has 0 saturated carbocycles. The minimum atomic E-state index is -4.15. The summed E-state index contributed by atoms with van der Waals surface area (Å²) in [4.78, 5) is 22.9. The van der Waals surface area contributed by atoms with Crippen LogP contribution in [0.2, 0.25) is 0 Å². The van der Waals surface area contributed by atoms with E-state index in [1.807, 2.05) is 0 Å². The Labute approximate surface area is 117 Å². The Hall–Kier alpha value is -1.93. The largest absolute Gasteiger partial charge is 0.465 e. The summed E-state index contributed by atoms with van der Waals surface area (Å²) in [6, 6.07) is 3.47. The van der Waals surface area contributed by atoms with Gasteiger partial charge in [0, 0.05) is 11.6 Å². The fourth-order valence-electron chi connectivity index (χ4n) is 1.52. The SMILES string of the molecule is COC(=O)c1ccc(C(=O)NC(C)C)cc1S(N)(=O)=O. The highest BCUT2D eigenvalue weighted by Crippen LogP contribution is 2.18. The van der Waals surface area contributed by atoms with Gasteiger partial charge in [-0.2, -0.15) is 0 Å². The van der Waals surface area contributed by atoms with Crippen LogP contribution < -0.4 is 10.5 Å². The summed E-state index contributed by atoms with van der Waals surface area (Å²) >= 11 is 0. The Morgan fingerprint density at radius 3 is 2.35 bits per heavy atom. The van der Waals surface area contributed by atoms with E-state index < -0.39 is 26.8 Å². The maximum Gasteiger partial charge on any atom is 0.339 e. The zero-order valence-electron chi connectivity index (χ0n) is 11.3. The predicted molar refractivity (Wildman–Crippen MR) is 71.8 cm³/mol. The van der Waals surface area contributed by atoms with Crippen LogP contribution in [0.3, 0.4) is 0 Å². The van der Waals surface area contributed by atoms with Crippen molar-refractivity contribution in [1.82, 2.24) is 5.32 Å². The van der Waals surface area contributed by atoms with Crippen molar-refractivity contribution in [3.8, 4) is 0 Å². The molecule has 0 atom stereocenters. The molecule has 3 N–H and O–H groups in total. The van der Waals surface area contributed by atoms with Crippen LogP contribution in [-0.4, -0.2) is 33.4 Å². The van der Waals surface area contributed by atoms with Gasteiger partial charge in [-0.05, 0) is 32.0 Å². The molecule has 0 unspecified atom stereocenters. The van der Waals surface area contributed by atoms with Gasteiger partial charge in [0.05, 0.1) is 17.6 Å². The summed E-state index contributed by atoms with van der Waals surface area (Å²) in [6.07, 6.45) is 0. The molecule has 0 saturated heterocycles. The number of methoxy groups -OCH3 is 1. The molecule has 20 heavy (non-hydrogen) atoms. The summed E-state index contributed by atoms with van der Waals surface area (Å²) in [5.41, 5.74) is -0.119. The molecule has 0 aliphatic rings. The number of nitrogens with one attached hydrogen (secondary N) is 1. The molecule has 0 aliphatic carbocycles. The Kier molecular flexibility index (Phi) is 4.85. The van der Waals surface area contributed by atoms with Crippen molar-refractivity contribution in [3.05, 3.63) is 29.3 Å². The Morgan fingerprint density at radius 2 is 1.90 bits per heavy atom. The highest BCUT2D eigenvalue weighted by molar-refractivity contribution is 7.89. The predicted octanol–water partition coefficient (Wildman–Crippen LogP) is 0.259. The fourth-order valence-corrected chi connectivity index (χ4v) is 2.27. The van der Waals surface area contributed by atoms with Crippen LogP contribution in [0.4, 0.5) is 0 Å². The van der Waals surface area contributed by atoms with Gasteiger partial charge in [-0.25, -0.2) is 18.4 Å². The monoisotopic (exact) mass is 300 g/mol. The molecule has 0 aliphatic heterocycles. The number of rotatable bonds is 4. The average Bonchev–Trinajstić information content (AvgIpc) is 2.35. The second kappa shape index (κ2) is 6.02. The maximum absolute atomic E-state index is 11.8. The topological polar surface area (TPSA) is 116 Å². The number of hydrogen-bond donors (Lipinski definition) is 2. The molecule has 0 spiro atoms. The van der Waals surface area contributed by atoms with Gasteiger partial charge in [0.15, 0.2) is 0 Å². The first kappa shape index (κ1) is 16.1. The zero-order valence-corrected chi connectivity index (χ0v) is 12.2. The van der Waals surface area contributed by atoms with Crippen molar-refractivity contribution >= 4 is 21.9 Å². The number of amides is 1. The van der Waals surface area contributed by atoms with Gasteiger partial charge in [-0.3, -0.25) is 4.79 Å². The lowest BCUT2D eigenvalue weighted by molar-refractivity contribution is 0.0595. The molecule has 1 amide bonds. The fraction of sp³-hybridized carbons (Fsp3) is 0.333. The third-order valence-corrected chi connectivity index (χ3v) is 3.33. The molecule has 8 heteroatoms. The van der Waals surface area contributed by atoms with Crippen LogP contribution >= 0.6 is 0 Å². The summed E-state index contributed by atoms with van der Waals surface area (Å²) in [7, 11) is -3.03. The van der Waals surface area contributed by atoms with Crippen molar-refractivity contribution in [1.29, 1.82) is 0 Å². The van der Waals surface area contributed by atoms with E-state index in [0.717, 1.165) is 13.2 Å². The minimum Gasteiger partial charge on any atom is -0.465 e. The minimum absolute atomic E-state index is 0.0929. The standard InChI is InChI=1S/C12H16N2O5S/c1-7(2)14-11(15)8-4-5-9(12(16)19-3)10(6-8)20(13,17)18/h4-7H,1-3H3,(H,14,15)(H2,13,17,18). The van der Waals surface area contributed by atoms with Crippen LogP contribution in [0, 0.1) is 0 Å². The van der Waals surface area contributed by atoms with Crippen molar-refractivity contribution in [3.63, 3.8) is 0 Å². The highest BCUT2D eigenvalue weighted by Gasteiger charge is 2.22. The molecule has 0 aromatic heterocycles. The van der Waals surface area contributed by atoms with Crippen molar-refractivity contribution in [2.45, 2.75) is 24.8 Å². The van der Waals surface area contributed by atoms with E-state index in [9.17, 15) is 18.0 Å². The van der Waals surface area contributed by atoms with Gasteiger partial charge in [0.25, 0.3) is 5.91 Å². The van der Waals surface area contributed by atoms with E-state index in [1.54, 1.807) is 13.8 Å². The van der Waals surface area contributed by atoms with E-state index in [-0.39, 0.29) is 17.2 Å². The van der Waals surface area contributed by atoms with Crippen molar-refractivity contribution < 1.29 is 22.7 Å². The van der Waals surface area contributed by atoms with E-state index in [1.165, 1.54) is 12.1 Å². The molecule has 1 aromatic rings. The van der Waals surface area contributed by atoms with Gasteiger partial charge in [-0.15, -0.1) is 0 Å². The molecule has 7 nitrogen and oxygen atoms in total. The highest BCUT2D eigenvalue weighted by atomic mass is 32.2. The Morgan fingerprint density at radius 1 is 1.30 bits per heavy atom. The lowest BCUT2D eigenvalue weighted by atomic mass is 10.1. The molecule has 110 valence electrons. The number of nitrogens with two attached hydrogens (primary N) is 1. The van der Waals surface area contributed by atoms with Gasteiger partial charge in [-0.1, -0.05) is 0 Å². The molecular formula is C12H16N2O5S. The van der Waals surface area contributed by atoms with E-state index >= 15 is 0 Å². The smallest absolute Gasteiger partial charge is 0.339 e. The molecule has 0 bridgehead atoms. The number of sulfonamides is 1. The number of carbonyl (C=O) groups is 2. The maximum atomic E-state index is 11.8. The summed E-state index contributed by atoms with van der Waals surface area (Å²) in [5.74, 6) is -1.30. The lowest BCUT2D eigenvalue weighted by Crippen LogP contribution is -2.30. The zero-order chi connectivity index (χ0) is 15.5. The Bertz CT molecular complexity index is 637. The molecule has 0 heterocycles. The van der Waals surface area contributed by atoms with Crippen molar-refractivity contribution in [2.75, 3.05) is 7.11 Å². The van der Waals surface area contributed by atoms with Crippen LogP contribution in [0.15, 0.2) is 23.1 Å². The average molecular weight is 300 g/mol. The quantitative estimate of drug-likeness (QED) is 0.774. The number of hydrogen-bond acceptors (Lipinski definition) is 5. The number of esters is 1. The first-order chi connectivity index (χ1) is 9.16. The second-order valence-corrected chi connectivity index (χ2v) is 5.91. The number of primary sulfonamides is 1. The molecule has 1 rings (SSSR count). The van der Waals surface area contributed by atoms with Gasteiger partial charge >= 0.3 is 5.97 Å². The normalized spacial score (nSPS) is 11.2. The lowest BCUT2D eigenvalue weighted by Gasteiger charge is -2.11. The van der Waals surface area contributed by atoms with Gasteiger partial charge in [0.1, 0.15) is 0 Å². The van der Waals surface area contributed by atoms with Crippen LogP contribution in [-0.2, 0) is 14.8 Å².